The highest BCUT2D eigenvalue weighted by molar-refractivity contribution is 5.93. The number of hydrogen-bond donors (Lipinski definition) is 2. The number of benzene rings is 2. The van der Waals surface area contributed by atoms with Gasteiger partial charge >= 0.3 is 0 Å². The van der Waals surface area contributed by atoms with E-state index >= 15 is 0 Å². The van der Waals surface area contributed by atoms with E-state index in [1.165, 1.54) is 0 Å². The van der Waals surface area contributed by atoms with Crippen LogP contribution in [0.25, 0.3) is 0 Å². The summed E-state index contributed by atoms with van der Waals surface area (Å²) in [4.78, 5) is 20.7. The van der Waals surface area contributed by atoms with Gasteiger partial charge in [-0.15, -0.1) is 6.58 Å². The number of nitrogens with zero attached hydrogens (tertiary/aromatic N) is 2. The predicted octanol–water partition coefficient (Wildman–Crippen LogP) is 4.24. The predicted molar refractivity (Wildman–Crippen MR) is 106 cm³/mol. The maximum Gasteiger partial charge on any atom is 0.270 e. The molecule has 3 aromatic rings. The first kappa shape index (κ1) is 18.1. The normalized spacial score (nSPS) is 10.1. The lowest BCUT2D eigenvalue weighted by Gasteiger charge is -2.13. The third-order valence-corrected chi connectivity index (χ3v) is 3.60. The molecule has 1 aromatic heterocycles. The molecule has 0 aliphatic carbocycles. The van der Waals surface area contributed by atoms with Crippen LogP contribution >= 0.6 is 0 Å². The first-order valence-electron chi connectivity index (χ1n) is 8.49. The Labute approximate surface area is 157 Å². The van der Waals surface area contributed by atoms with Crippen LogP contribution in [0.15, 0.2) is 73.3 Å². The first-order valence-corrected chi connectivity index (χ1v) is 8.49. The van der Waals surface area contributed by atoms with Gasteiger partial charge in [0.05, 0.1) is 5.69 Å². The van der Waals surface area contributed by atoms with Gasteiger partial charge < -0.3 is 15.4 Å². The van der Waals surface area contributed by atoms with Crippen molar-refractivity contribution in [3.8, 4) is 11.5 Å². The number of nitrogens with one attached hydrogen (secondary N) is 2. The van der Waals surface area contributed by atoms with Crippen LogP contribution in [0.4, 0.5) is 11.5 Å². The molecular formula is C21H20N4O2. The molecule has 0 radical (unpaired) electrons. The zero-order valence-corrected chi connectivity index (χ0v) is 15.0. The van der Waals surface area contributed by atoms with Crippen molar-refractivity contribution in [3.05, 3.63) is 84.8 Å². The van der Waals surface area contributed by atoms with E-state index in [0.717, 1.165) is 11.4 Å². The van der Waals surface area contributed by atoms with Crippen molar-refractivity contribution in [3.63, 3.8) is 0 Å². The average Bonchev–Trinajstić information content (AvgIpc) is 2.68. The fraction of sp³-hybridized carbons (Fsp3) is 0.0952. The molecule has 1 heterocycles. The van der Waals surface area contributed by atoms with Crippen LogP contribution in [0.5, 0.6) is 11.5 Å². The summed E-state index contributed by atoms with van der Waals surface area (Å²) in [6, 6.07) is 18.6. The third kappa shape index (κ3) is 4.92. The molecule has 0 aliphatic rings. The Hall–Kier alpha value is -3.67. The number of carbonyl (C=O) groups excluding carboxylic acids is 1. The number of hydrogen-bond acceptors (Lipinski definition) is 5. The fourth-order valence-electron chi connectivity index (χ4n) is 2.42. The molecule has 0 unspecified atom stereocenters. The lowest BCUT2D eigenvalue weighted by atomic mass is 10.2. The minimum absolute atomic E-state index is 0.280. The number of rotatable bonds is 7. The number of aromatic nitrogens is 2. The monoisotopic (exact) mass is 360 g/mol. The van der Waals surface area contributed by atoms with Crippen molar-refractivity contribution >= 4 is 17.4 Å². The second-order valence-electron chi connectivity index (χ2n) is 5.72. The van der Waals surface area contributed by atoms with Gasteiger partial charge in [-0.25, -0.2) is 9.97 Å². The molecule has 0 saturated heterocycles. The summed E-state index contributed by atoms with van der Waals surface area (Å²) in [6.45, 7) is 5.70. The number of aryl methyl sites for hydroxylation is 1. The summed E-state index contributed by atoms with van der Waals surface area (Å²) >= 11 is 0. The Morgan fingerprint density at radius 2 is 1.85 bits per heavy atom. The molecule has 6 nitrogen and oxygen atoms in total. The SMILES string of the molecule is C=CCNC(=O)c1cc(Nc2ccccc2Oc2ccccc2)nc(C)n1. The minimum Gasteiger partial charge on any atom is -0.455 e. The van der Waals surface area contributed by atoms with E-state index in [2.05, 4.69) is 27.2 Å². The van der Waals surface area contributed by atoms with Gasteiger partial charge in [-0.3, -0.25) is 4.79 Å². The minimum atomic E-state index is -0.280. The molecule has 0 fully saturated rings. The summed E-state index contributed by atoms with van der Waals surface area (Å²) < 4.78 is 5.95. The second kappa shape index (κ2) is 8.62. The van der Waals surface area contributed by atoms with Crippen LogP contribution < -0.4 is 15.4 Å². The van der Waals surface area contributed by atoms with Gasteiger partial charge in [0.15, 0.2) is 5.75 Å². The maximum absolute atomic E-state index is 12.2. The number of ether oxygens (including phenoxy) is 1. The molecule has 0 bridgehead atoms. The largest absolute Gasteiger partial charge is 0.455 e. The summed E-state index contributed by atoms with van der Waals surface area (Å²) in [5, 5.41) is 5.92. The quantitative estimate of drug-likeness (QED) is 0.617. The average molecular weight is 360 g/mol. The highest BCUT2D eigenvalue weighted by atomic mass is 16.5. The molecule has 0 aliphatic heterocycles. The number of anilines is 2. The highest BCUT2D eigenvalue weighted by Crippen LogP contribution is 2.31. The van der Waals surface area contributed by atoms with Gasteiger partial charge in [0.25, 0.3) is 5.91 Å². The van der Waals surface area contributed by atoms with Gasteiger partial charge in [-0.05, 0) is 31.2 Å². The van der Waals surface area contributed by atoms with Gasteiger partial charge in [-0.1, -0.05) is 36.4 Å². The third-order valence-electron chi connectivity index (χ3n) is 3.60. The lowest BCUT2D eigenvalue weighted by Crippen LogP contribution is -2.24. The van der Waals surface area contributed by atoms with Crippen LogP contribution in [0.1, 0.15) is 16.3 Å². The number of amides is 1. The molecule has 0 saturated carbocycles. The molecule has 0 atom stereocenters. The van der Waals surface area contributed by atoms with Gasteiger partial charge in [0, 0.05) is 12.6 Å². The summed E-state index contributed by atoms with van der Waals surface area (Å²) in [7, 11) is 0. The number of para-hydroxylation sites is 3. The molecule has 0 spiro atoms. The molecular weight excluding hydrogens is 340 g/mol. The Balaban J connectivity index is 1.84. The van der Waals surface area contributed by atoms with Crippen molar-refractivity contribution in [1.29, 1.82) is 0 Å². The Bertz CT molecular complexity index is 942. The van der Waals surface area contributed by atoms with Gasteiger partial charge in [0.1, 0.15) is 23.1 Å². The van der Waals surface area contributed by atoms with E-state index in [1.54, 1.807) is 19.1 Å². The van der Waals surface area contributed by atoms with E-state index in [1.807, 2.05) is 54.6 Å². The van der Waals surface area contributed by atoms with Crippen LogP contribution in [0.2, 0.25) is 0 Å². The van der Waals surface area contributed by atoms with Gasteiger partial charge in [0.2, 0.25) is 0 Å². The van der Waals surface area contributed by atoms with Crippen molar-refractivity contribution < 1.29 is 9.53 Å². The summed E-state index contributed by atoms with van der Waals surface area (Å²) in [5.41, 5.74) is 1.02. The molecule has 3 rings (SSSR count). The zero-order chi connectivity index (χ0) is 19.1. The van der Waals surface area contributed by atoms with Crippen LogP contribution in [-0.4, -0.2) is 22.4 Å². The topological polar surface area (TPSA) is 76.1 Å². The van der Waals surface area contributed by atoms with E-state index in [4.69, 9.17) is 4.74 Å². The van der Waals surface area contributed by atoms with E-state index < -0.39 is 0 Å². The van der Waals surface area contributed by atoms with Crippen molar-refractivity contribution in [1.82, 2.24) is 15.3 Å². The standard InChI is InChI=1S/C21H20N4O2/c1-3-13-22-21(26)18-14-20(24-15(2)23-18)25-17-11-7-8-12-19(17)27-16-9-5-4-6-10-16/h3-12,14H,1,13H2,2H3,(H,22,26)(H,23,24,25). The molecule has 2 N–H and O–H groups in total. The Morgan fingerprint density at radius 1 is 1.11 bits per heavy atom. The zero-order valence-electron chi connectivity index (χ0n) is 15.0. The first-order chi connectivity index (χ1) is 13.2. The lowest BCUT2D eigenvalue weighted by molar-refractivity contribution is 0.0952. The van der Waals surface area contributed by atoms with Crippen molar-refractivity contribution in [2.45, 2.75) is 6.92 Å². The molecule has 2 aromatic carbocycles. The van der Waals surface area contributed by atoms with Crippen LogP contribution in [0.3, 0.4) is 0 Å². The summed E-state index contributed by atoms with van der Waals surface area (Å²) in [6.07, 6.45) is 1.61. The van der Waals surface area contributed by atoms with Gasteiger partial charge in [-0.2, -0.15) is 0 Å². The Morgan fingerprint density at radius 3 is 2.63 bits per heavy atom. The van der Waals surface area contributed by atoms with Crippen molar-refractivity contribution in [2.24, 2.45) is 0 Å². The van der Waals surface area contributed by atoms with Crippen LogP contribution in [-0.2, 0) is 0 Å². The maximum atomic E-state index is 12.2. The van der Waals surface area contributed by atoms with E-state index in [0.29, 0.717) is 23.9 Å². The smallest absolute Gasteiger partial charge is 0.270 e. The van der Waals surface area contributed by atoms with E-state index in [9.17, 15) is 4.79 Å². The second-order valence-corrected chi connectivity index (χ2v) is 5.72. The number of carbonyl (C=O) groups is 1. The fourth-order valence-corrected chi connectivity index (χ4v) is 2.42. The summed E-state index contributed by atoms with van der Waals surface area (Å²) in [5.74, 6) is 2.10. The molecule has 1 amide bonds. The van der Waals surface area contributed by atoms with Crippen molar-refractivity contribution in [2.75, 3.05) is 11.9 Å². The molecule has 136 valence electrons. The molecule has 6 heteroatoms. The Kier molecular flexibility index (Phi) is 5.79. The highest BCUT2D eigenvalue weighted by Gasteiger charge is 2.11. The van der Waals surface area contributed by atoms with Crippen LogP contribution in [0, 0.1) is 6.92 Å². The van der Waals surface area contributed by atoms with E-state index in [-0.39, 0.29) is 11.6 Å². The molecule has 27 heavy (non-hydrogen) atoms.